The number of aromatic nitrogens is 2. The van der Waals surface area contributed by atoms with Crippen molar-refractivity contribution in [2.24, 2.45) is 5.92 Å². The van der Waals surface area contributed by atoms with Crippen LogP contribution >= 0.6 is 0 Å². The maximum atomic E-state index is 12.2. The third-order valence-corrected chi connectivity index (χ3v) is 5.26. The molecule has 0 aliphatic heterocycles. The number of carbonyl (C=O) groups is 1. The number of nitrogens with zero attached hydrogens (tertiary/aromatic N) is 2. The number of amides is 1. The quantitative estimate of drug-likeness (QED) is 0.470. The molecule has 6 heteroatoms. The number of carbonyl (C=O) groups excluding carboxylic acids is 1. The zero-order valence-electron chi connectivity index (χ0n) is 16.5. The summed E-state index contributed by atoms with van der Waals surface area (Å²) in [5.41, 5.74) is 3.93. The van der Waals surface area contributed by atoms with E-state index in [-0.39, 0.29) is 11.8 Å². The second kappa shape index (κ2) is 8.36. The Bertz CT molecular complexity index is 1040. The summed E-state index contributed by atoms with van der Waals surface area (Å²) >= 11 is 0. The standard InChI is InChI=1S/C23H25N5O/c1-15(4-2-3-12-24)26-18-9-7-16(8-10-18)20-14-21(28-23(29)17-5-6-17)27-22-19(20)11-13-25-22/h7-11,13-15,17,26H,2-6H2,1H3,(H2,25,27,28,29). The molecule has 1 aliphatic carbocycles. The molecule has 1 fully saturated rings. The van der Waals surface area contributed by atoms with Crippen molar-refractivity contribution in [1.29, 1.82) is 5.26 Å². The molecule has 6 nitrogen and oxygen atoms in total. The van der Waals surface area contributed by atoms with Crippen molar-refractivity contribution in [2.45, 2.75) is 45.1 Å². The van der Waals surface area contributed by atoms with Crippen LogP contribution in [0.15, 0.2) is 42.6 Å². The highest BCUT2D eigenvalue weighted by Crippen LogP contribution is 2.33. The van der Waals surface area contributed by atoms with E-state index in [0.29, 0.717) is 18.3 Å². The molecule has 4 rings (SSSR count). The van der Waals surface area contributed by atoms with Crippen LogP contribution in [0, 0.1) is 17.2 Å². The van der Waals surface area contributed by atoms with E-state index >= 15 is 0 Å². The maximum Gasteiger partial charge on any atom is 0.228 e. The lowest BCUT2D eigenvalue weighted by Gasteiger charge is -2.15. The van der Waals surface area contributed by atoms with Crippen molar-refractivity contribution in [3.8, 4) is 17.2 Å². The number of unbranched alkanes of at least 4 members (excludes halogenated alkanes) is 1. The molecular weight excluding hydrogens is 362 g/mol. The fourth-order valence-corrected chi connectivity index (χ4v) is 3.50. The van der Waals surface area contributed by atoms with Gasteiger partial charge in [-0.2, -0.15) is 5.26 Å². The minimum atomic E-state index is 0.0549. The number of pyridine rings is 1. The Morgan fingerprint density at radius 2 is 2.10 bits per heavy atom. The summed E-state index contributed by atoms with van der Waals surface area (Å²) in [6.07, 6.45) is 6.26. The Morgan fingerprint density at radius 3 is 2.83 bits per heavy atom. The summed E-state index contributed by atoms with van der Waals surface area (Å²) in [5, 5.41) is 16.1. The lowest BCUT2D eigenvalue weighted by molar-refractivity contribution is -0.117. The van der Waals surface area contributed by atoms with Gasteiger partial charge in [-0.3, -0.25) is 4.79 Å². The van der Waals surface area contributed by atoms with Crippen LogP contribution in [0.4, 0.5) is 11.5 Å². The number of anilines is 2. The Hall–Kier alpha value is -3.33. The summed E-state index contributed by atoms with van der Waals surface area (Å²) in [7, 11) is 0. The number of hydrogen-bond acceptors (Lipinski definition) is 4. The molecule has 0 radical (unpaired) electrons. The highest BCUT2D eigenvalue weighted by atomic mass is 16.2. The van der Waals surface area contributed by atoms with E-state index in [0.717, 1.165) is 53.5 Å². The number of H-pyrrole nitrogens is 1. The number of rotatable bonds is 8. The first-order chi connectivity index (χ1) is 14.1. The minimum absolute atomic E-state index is 0.0549. The van der Waals surface area contributed by atoms with Crippen LogP contribution in [0.2, 0.25) is 0 Å². The van der Waals surface area contributed by atoms with Gasteiger partial charge >= 0.3 is 0 Å². The average molecular weight is 387 g/mol. The monoisotopic (exact) mass is 387 g/mol. The van der Waals surface area contributed by atoms with E-state index < -0.39 is 0 Å². The molecule has 148 valence electrons. The molecule has 29 heavy (non-hydrogen) atoms. The SMILES string of the molecule is CC(CCCC#N)Nc1ccc(-c2cc(NC(=O)C3CC3)nc3[nH]ccc23)cc1. The first kappa shape index (κ1) is 19.0. The van der Waals surface area contributed by atoms with Crippen molar-refractivity contribution in [3.05, 3.63) is 42.6 Å². The number of benzene rings is 1. The number of nitriles is 1. The molecule has 3 aromatic rings. The molecule has 1 unspecified atom stereocenters. The van der Waals surface area contributed by atoms with E-state index in [2.05, 4.69) is 57.9 Å². The van der Waals surface area contributed by atoms with Crippen molar-refractivity contribution in [2.75, 3.05) is 10.6 Å². The van der Waals surface area contributed by atoms with Crippen LogP contribution in [-0.2, 0) is 4.79 Å². The van der Waals surface area contributed by atoms with Gasteiger partial charge in [-0.15, -0.1) is 0 Å². The van der Waals surface area contributed by atoms with Gasteiger partial charge in [-0.05, 0) is 68.0 Å². The predicted molar refractivity (Wildman–Crippen MR) is 115 cm³/mol. The normalized spacial score (nSPS) is 14.3. The summed E-state index contributed by atoms with van der Waals surface area (Å²) in [5.74, 6) is 0.777. The molecule has 0 bridgehead atoms. The highest BCUT2D eigenvalue weighted by Gasteiger charge is 2.30. The van der Waals surface area contributed by atoms with E-state index in [1.807, 2.05) is 18.3 Å². The molecule has 3 N–H and O–H groups in total. The lowest BCUT2D eigenvalue weighted by Crippen LogP contribution is -2.14. The van der Waals surface area contributed by atoms with E-state index in [4.69, 9.17) is 5.26 Å². The summed E-state index contributed by atoms with van der Waals surface area (Å²) in [4.78, 5) is 19.8. The molecule has 1 saturated carbocycles. The first-order valence-electron chi connectivity index (χ1n) is 10.2. The average Bonchev–Trinajstić information content (AvgIpc) is 3.46. The zero-order valence-corrected chi connectivity index (χ0v) is 16.5. The van der Waals surface area contributed by atoms with Crippen molar-refractivity contribution in [1.82, 2.24) is 9.97 Å². The Labute approximate surface area is 170 Å². The largest absolute Gasteiger partial charge is 0.383 e. The minimum Gasteiger partial charge on any atom is -0.383 e. The van der Waals surface area contributed by atoms with Crippen LogP contribution < -0.4 is 10.6 Å². The molecule has 1 aliphatic rings. The summed E-state index contributed by atoms with van der Waals surface area (Å²) in [6, 6.07) is 14.8. The summed E-state index contributed by atoms with van der Waals surface area (Å²) < 4.78 is 0. The zero-order chi connectivity index (χ0) is 20.2. The maximum absolute atomic E-state index is 12.2. The molecule has 0 spiro atoms. The van der Waals surface area contributed by atoms with Crippen molar-refractivity contribution >= 4 is 28.4 Å². The fraction of sp³-hybridized carbons (Fsp3) is 0.348. The van der Waals surface area contributed by atoms with Crippen LogP contribution in [0.1, 0.15) is 39.0 Å². The molecule has 1 aromatic carbocycles. The topological polar surface area (TPSA) is 93.6 Å². The molecule has 0 saturated heterocycles. The van der Waals surface area contributed by atoms with Crippen molar-refractivity contribution < 1.29 is 4.79 Å². The fourth-order valence-electron chi connectivity index (χ4n) is 3.50. The molecule has 1 atom stereocenters. The van der Waals surface area contributed by atoms with Crippen LogP contribution in [0.25, 0.3) is 22.2 Å². The van der Waals surface area contributed by atoms with E-state index in [1.165, 1.54) is 0 Å². The van der Waals surface area contributed by atoms with E-state index in [1.54, 1.807) is 0 Å². The van der Waals surface area contributed by atoms with Gasteiger partial charge in [0.05, 0.1) is 6.07 Å². The number of aromatic amines is 1. The highest BCUT2D eigenvalue weighted by molar-refractivity contribution is 5.99. The van der Waals surface area contributed by atoms with Gasteiger partial charge in [0.25, 0.3) is 0 Å². The van der Waals surface area contributed by atoms with Crippen molar-refractivity contribution in [3.63, 3.8) is 0 Å². The number of fused-ring (bicyclic) bond motifs is 1. The lowest BCUT2D eigenvalue weighted by atomic mass is 10.0. The Balaban J connectivity index is 1.53. The van der Waals surface area contributed by atoms with Gasteiger partial charge in [0.15, 0.2) is 0 Å². The van der Waals surface area contributed by atoms with Gasteiger partial charge in [-0.25, -0.2) is 4.98 Å². The van der Waals surface area contributed by atoms with Gasteiger partial charge < -0.3 is 15.6 Å². The van der Waals surface area contributed by atoms with Crippen LogP contribution in [0.5, 0.6) is 0 Å². The smallest absolute Gasteiger partial charge is 0.228 e. The van der Waals surface area contributed by atoms with Crippen LogP contribution in [-0.4, -0.2) is 21.9 Å². The Morgan fingerprint density at radius 1 is 1.31 bits per heavy atom. The van der Waals surface area contributed by atoms with Gasteiger partial charge in [0.2, 0.25) is 5.91 Å². The van der Waals surface area contributed by atoms with E-state index in [9.17, 15) is 4.79 Å². The predicted octanol–water partition coefficient (Wildman–Crippen LogP) is 5.07. The first-order valence-corrected chi connectivity index (χ1v) is 10.2. The molecule has 1 amide bonds. The molecule has 2 heterocycles. The number of hydrogen-bond donors (Lipinski definition) is 3. The van der Waals surface area contributed by atoms with Gasteiger partial charge in [0.1, 0.15) is 11.5 Å². The third kappa shape index (κ3) is 4.57. The second-order valence-corrected chi connectivity index (χ2v) is 7.73. The van der Waals surface area contributed by atoms with Gasteiger partial charge in [-0.1, -0.05) is 12.1 Å². The van der Waals surface area contributed by atoms with Gasteiger partial charge in [0, 0.05) is 35.7 Å². The third-order valence-electron chi connectivity index (χ3n) is 5.26. The number of nitrogens with one attached hydrogen (secondary N) is 3. The molecule has 2 aromatic heterocycles. The van der Waals surface area contributed by atoms with Crippen LogP contribution in [0.3, 0.4) is 0 Å². The molecular formula is C23H25N5O. The summed E-state index contributed by atoms with van der Waals surface area (Å²) in [6.45, 7) is 2.13. The second-order valence-electron chi connectivity index (χ2n) is 7.73. The Kier molecular flexibility index (Phi) is 5.48.